The molecule has 1 heterocycles. The third-order valence-corrected chi connectivity index (χ3v) is 7.56. The molecule has 27 heavy (non-hydrogen) atoms. The lowest BCUT2D eigenvalue weighted by Gasteiger charge is -2.39. The second-order valence-electron chi connectivity index (χ2n) is 9.04. The third-order valence-electron chi connectivity index (χ3n) is 5.66. The van der Waals surface area contributed by atoms with Crippen LogP contribution in [-0.2, 0) is 14.8 Å². The summed E-state index contributed by atoms with van der Waals surface area (Å²) in [5, 5.41) is 2.73. The van der Waals surface area contributed by atoms with Gasteiger partial charge in [0.2, 0.25) is 10.0 Å². The fraction of sp³-hybridized carbons (Fsp3) is 0.650. The van der Waals surface area contributed by atoms with Crippen molar-refractivity contribution in [2.75, 3.05) is 26.8 Å². The Morgan fingerprint density at radius 2 is 2.04 bits per heavy atom. The molecule has 1 aliphatic carbocycles. The van der Waals surface area contributed by atoms with Crippen molar-refractivity contribution in [3.05, 3.63) is 29.8 Å². The Balaban J connectivity index is 1.84. The maximum Gasteiger partial charge on any atom is 0.251 e. The minimum atomic E-state index is -3.63. The molecule has 0 radical (unpaired) electrons. The summed E-state index contributed by atoms with van der Waals surface area (Å²) in [5.74, 6) is -0.294. The van der Waals surface area contributed by atoms with Crippen LogP contribution < -0.4 is 5.32 Å². The van der Waals surface area contributed by atoms with Gasteiger partial charge in [0.15, 0.2) is 0 Å². The number of amides is 1. The number of hydrogen-bond donors (Lipinski definition) is 1. The Bertz CT molecular complexity index is 821. The predicted molar refractivity (Wildman–Crippen MR) is 104 cm³/mol. The number of fused-ring (bicyclic) bond motifs is 2. The van der Waals surface area contributed by atoms with Crippen LogP contribution in [0.4, 0.5) is 0 Å². The van der Waals surface area contributed by atoms with Crippen molar-refractivity contribution in [3.8, 4) is 0 Å². The van der Waals surface area contributed by atoms with Crippen molar-refractivity contribution in [3.63, 3.8) is 0 Å². The van der Waals surface area contributed by atoms with E-state index in [0.29, 0.717) is 25.3 Å². The first-order chi connectivity index (χ1) is 12.6. The van der Waals surface area contributed by atoms with Crippen molar-refractivity contribution in [1.29, 1.82) is 0 Å². The van der Waals surface area contributed by atoms with Gasteiger partial charge in [-0.15, -0.1) is 0 Å². The largest absolute Gasteiger partial charge is 0.383 e. The molecule has 1 saturated heterocycles. The second-order valence-corrected chi connectivity index (χ2v) is 10.9. The highest BCUT2D eigenvalue weighted by Crippen LogP contribution is 2.53. The lowest BCUT2D eigenvalue weighted by atomic mass is 9.65. The Hall–Kier alpha value is -1.44. The summed E-state index contributed by atoms with van der Waals surface area (Å²) >= 11 is 0. The van der Waals surface area contributed by atoms with Crippen LogP contribution in [0.3, 0.4) is 0 Å². The molecular weight excluding hydrogens is 364 g/mol. The van der Waals surface area contributed by atoms with Crippen LogP contribution in [0, 0.1) is 10.8 Å². The number of nitrogens with one attached hydrogen (secondary N) is 1. The molecule has 2 bridgehead atoms. The van der Waals surface area contributed by atoms with E-state index in [2.05, 4.69) is 26.1 Å². The van der Waals surface area contributed by atoms with Gasteiger partial charge in [0.1, 0.15) is 0 Å². The number of hydrogen-bond acceptors (Lipinski definition) is 4. The van der Waals surface area contributed by atoms with Crippen LogP contribution in [0.5, 0.6) is 0 Å². The molecule has 150 valence electrons. The van der Waals surface area contributed by atoms with Gasteiger partial charge in [0.25, 0.3) is 5.91 Å². The van der Waals surface area contributed by atoms with Crippen LogP contribution >= 0.6 is 0 Å². The number of ether oxygens (including phenoxy) is 1. The first-order valence-electron chi connectivity index (χ1n) is 9.45. The van der Waals surface area contributed by atoms with E-state index < -0.39 is 10.0 Å². The summed E-state index contributed by atoms with van der Waals surface area (Å²) in [6.07, 6.45) is 2.82. The highest BCUT2D eigenvalue weighted by molar-refractivity contribution is 7.89. The van der Waals surface area contributed by atoms with Crippen LogP contribution in [0.15, 0.2) is 29.2 Å². The van der Waals surface area contributed by atoms with Crippen LogP contribution in [0.25, 0.3) is 0 Å². The van der Waals surface area contributed by atoms with Crippen LogP contribution in [-0.4, -0.2) is 51.5 Å². The number of rotatable bonds is 6. The van der Waals surface area contributed by atoms with E-state index in [4.69, 9.17) is 4.74 Å². The lowest BCUT2D eigenvalue weighted by Crippen LogP contribution is -2.37. The predicted octanol–water partition coefficient (Wildman–Crippen LogP) is 2.65. The quantitative estimate of drug-likeness (QED) is 0.753. The van der Waals surface area contributed by atoms with Crippen LogP contribution in [0.2, 0.25) is 0 Å². The molecule has 1 saturated carbocycles. The summed E-state index contributed by atoms with van der Waals surface area (Å²) in [5.41, 5.74) is 0.514. The van der Waals surface area contributed by atoms with Crippen molar-refractivity contribution in [2.45, 2.75) is 51.0 Å². The molecular formula is C20H30N2O4S. The summed E-state index contributed by atoms with van der Waals surface area (Å²) in [4.78, 5) is 12.5. The Kier molecular flexibility index (Phi) is 5.40. The van der Waals surface area contributed by atoms with Gasteiger partial charge in [-0.05, 0) is 48.3 Å². The van der Waals surface area contributed by atoms with Gasteiger partial charge in [0.05, 0.1) is 11.5 Å². The van der Waals surface area contributed by atoms with E-state index in [1.54, 1.807) is 29.6 Å². The standard InChI is InChI=1S/C20H30N2O4S/c1-19(2)11-16-12-20(3,13-19)14-22(16)27(24,25)17-7-5-6-15(10-17)18(23)21-8-9-26-4/h5-7,10,16H,8-9,11-14H2,1-4H3,(H,21,23)/t16-,20-/m1/s1. The topological polar surface area (TPSA) is 75.7 Å². The van der Waals surface area contributed by atoms with E-state index in [-0.39, 0.29) is 27.7 Å². The summed E-state index contributed by atoms with van der Waals surface area (Å²) in [6.45, 7) is 7.97. The van der Waals surface area contributed by atoms with Crippen molar-refractivity contribution in [2.24, 2.45) is 10.8 Å². The lowest BCUT2D eigenvalue weighted by molar-refractivity contribution is 0.0937. The normalized spacial score (nSPS) is 27.5. The minimum absolute atomic E-state index is 0.0224. The molecule has 1 amide bonds. The summed E-state index contributed by atoms with van der Waals surface area (Å²) in [6, 6.07) is 6.35. The van der Waals surface area contributed by atoms with E-state index >= 15 is 0 Å². The average molecular weight is 395 g/mol. The molecule has 1 aliphatic heterocycles. The Morgan fingerprint density at radius 1 is 1.30 bits per heavy atom. The molecule has 0 unspecified atom stereocenters. The van der Waals surface area contributed by atoms with Crippen molar-refractivity contribution < 1.29 is 17.9 Å². The molecule has 2 fully saturated rings. The third kappa shape index (κ3) is 4.20. The zero-order valence-electron chi connectivity index (χ0n) is 16.6. The number of carbonyl (C=O) groups is 1. The molecule has 1 aromatic carbocycles. The highest BCUT2D eigenvalue weighted by Gasteiger charge is 2.53. The van der Waals surface area contributed by atoms with Gasteiger partial charge in [-0.3, -0.25) is 4.79 Å². The van der Waals surface area contributed by atoms with E-state index in [0.717, 1.165) is 19.3 Å². The molecule has 3 rings (SSSR count). The summed E-state index contributed by atoms with van der Waals surface area (Å²) in [7, 11) is -2.07. The van der Waals surface area contributed by atoms with Gasteiger partial charge in [-0.2, -0.15) is 4.31 Å². The average Bonchev–Trinajstić information content (AvgIpc) is 2.84. The first-order valence-corrected chi connectivity index (χ1v) is 10.9. The number of benzene rings is 1. The van der Waals surface area contributed by atoms with Gasteiger partial charge in [-0.1, -0.05) is 26.8 Å². The van der Waals surface area contributed by atoms with Gasteiger partial charge in [0, 0.05) is 31.8 Å². The van der Waals surface area contributed by atoms with E-state index in [9.17, 15) is 13.2 Å². The monoisotopic (exact) mass is 394 g/mol. The Labute approximate surface area is 162 Å². The number of nitrogens with zero attached hydrogens (tertiary/aromatic N) is 1. The van der Waals surface area contributed by atoms with Crippen molar-refractivity contribution >= 4 is 15.9 Å². The smallest absolute Gasteiger partial charge is 0.251 e. The number of carbonyl (C=O) groups excluding carboxylic acids is 1. The molecule has 6 nitrogen and oxygen atoms in total. The van der Waals surface area contributed by atoms with Gasteiger partial charge < -0.3 is 10.1 Å². The van der Waals surface area contributed by atoms with E-state index in [1.807, 2.05) is 0 Å². The molecule has 2 aliphatic rings. The summed E-state index contributed by atoms with van der Waals surface area (Å²) < 4.78 is 33.3. The second kappa shape index (κ2) is 7.18. The van der Waals surface area contributed by atoms with Crippen LogP contribution in [0.1, 0.15) is 50.4 Å². The zero-order chi connectivity index (χ0) is 19.9. The molecule has 1 N–H and O–H groups in total. The number of methoxy groups -OCH3 is 1. The first kappa shape index (κ1) is 20.3. The van der Waals surface area contributed by atoms with E-state index in [1.165, 1.54) is 6.07 Å². The molecule has 7 heteroatoms. The van der Waals surface area contributed by atoms with Crippen molar-refractivity contribution in [1.82, 2.24) is 9.62 Å². The maximum absolute atomic E-state index is 13.3. The Morgan fingerprint density at radius 3 is 2.74 bits per heavy atom. The van der Waals surface area contributed by atoms with Gasteiger partial charge >= 0.3 is 0 Å². The molecule has 2 atom stereocenters. The molecule has 1 aromatic rings. The number of sulfonamides is 1. The molecule has 0 spiro atoms. The fourth-order valence-corrected chi connectivity index (χ4v) is 6.81. The fourth-order valence-electron chi connectivity index (χ4n) is 4.99. The van der Waals surface area contributed by atoms with Gasteiger partial charge in [-0.25, -0.2) is 8.42 Å². The highest BCUT2D eigenvalue weighted by atomic mass is 32.2. The zero-order valence-corrected chi connectivity index (χ0v) is 17.4. The SMILES string of the molecule is COCCNC(=O)c1cccc(S(=O)(=O)N2C[C@]3(C)C[C@H]2CC(C)(C)C3)c1. The minimum Gasteiger partial charge on any atom is -0.383 e. The molecule has 0 aromatic heterocycles. The maximum atomic E-state index is 13.3.